The summed E-state index contributed by atoms with van der Waals surface area (Å²) in [7, 11) is 0. The van der Waals surface area contributed by atoms with Crippen molar-refractivity contribution in [3.05, 3.63) is 41.5 Å². The number of aliphatic imine (C=N–C) groups is 1. The van der Waals surface area contributed by atoms with Gasteiger partial charge in [-0.1, -0.05) is 24.8 Å². The lowest BCUT2D eigenvalue weighted by atomic mass is 9.97. The molecule has 0 amide bonds. The molecule has 4 N–H and O–H groups in total. The molecule has 0 aromatic heterocycles. The summed E-state index contributed by atoms with van der Waals surface area (Å²) >= 11 is 0. The lowest BCUT2D eigenvalue weighted by molar-refractivity contribution is 0.143. The molecule has 1 aliphatic heterocycles. The highest BCUT2D eigenvalue weighted by molar-refractivity contribution is 6.06. The van der Waals surface area contributed by atoms with Gasteiger partial charge in [0.1, 0.15) is 6.10 Å². The Kier molecular flexibility index (Phi) is 4.89. The quantitative estimate of drug-likeness (QED) is 0.696. The molecule has 1 aromatic rings. The van der Waals surface area contributed by atoms with Crippen LogP contribution in [0.1, 0.15) is 17.2 Å². The maximum absolute atomic E-state index is 9.06. The van der Waals surface area contributed by atoms with Gasteiger partial charge in [0.2, 0.25) is 0 Å². The van der Waals surface area contributed by atoms with Gasteiger partial charge >= 0.3 is 0 Å². The van der Waals surface area contributed by atoms with Crippen molar-refractivity contribution < 1.29 is 14.9 Å². The van der Waals surface area contributed by atoms with Crippen LogP contribution in [0.2, 0.25) is 0 Å². The molecule has 108 valence electrons. The topological polar surface area (TPSA) is 88.1 Å². The molecule has 1 aromatic carbocycles. The SMILES string of the molecule is C=C1COC(c2cccc(CCO)c2N)C1=NCCO. The van der Waals surface area contributed by atoms with E-state index in [1.165, 1.54) is 0 Å². The van der Waals surface area contributed by atoms with Crippen LogP contribution in [0.15, 0.2) is 35.3 Å². The van der Waals surface area contributed by atoms with E-state index in [0.717, 1.165) is 22.4 Å². The minimum Gasteiger partial charge on any atom is -0.398 e. The van der Waals surface area contributed by atoms with Crippen molar-refractivity contribution in [1.82, 2.24) is 0 Å². The Balaban J connectivity index is 2.35. The van der Waals surface area contributed by atoms with E-state index in [-0.39, 0.29) is 19.3 Å². The highest BCUT2D eigenvalue weighted by atomic mass is 16.5. The molecular weight excluding hydrogens is 256 g/mol. The fraction of sp³-hybridized carbons (Fsp3) is 0.400. The van der Waals surface area contributed by atoms with Crippen LogP contribution < -0.4 is 5.73 Å². The second-order valence-corrected chi connectivity index (χ2v) is 4.68. The number of benzene rings is 1. The summed E-state index contributed by atoms with van der Waals surface area (Å²) in [5.41, 5.74) is 10.1. The van der Waals surface area contributed by atoms with Gasteiger partial charge in [-0.3, -0.25) is 4.99 Å². The van der Waals surface area contributed by atoms with Gasteiger partial charge in [-0.2, -0.15) is 0 Å². The first-order valence-corrected chi connectivity index (χ1v) is 6.62. The van der Waals surface area contributed by atoms with Crippen LogP contribution in [-0.2, 0) is 11.2 Å². The van der Waals surface area contributed by atoms with E-state index in [9.17, 15) is 0 Å². The monoisotopic (exact) mass is 276 g/mol. The average Bonchev–Trinajstić information content (AvgIpc) is 2.80. The Morgan fingerprint density at radius 2 is 2.15 bits per heavy atom. The van der Waals surface area contributed by atoms with Crippen LogP contribution in [0.3, 0.4) is 0 Å². The number of ether oxygens (including phenoxy) is 1. The number of aliphatic hydroxyl groups is 2. The summed E-state index contributed by atoms with van der Waals surface area (Å²) in [5.74, 6) is 0. The molecule has 1 saturated heterocycles. The minimum absolute atomic E-state index is 0.0104. The van der Waals surface area contributed by atoms with Crippen LogP contribution in [0.5, 0.6) is 0 Å². The average molecular weight is 276 g/mol. The second-order valence-electron chi connectivity index (χ2n) is 4.68. The largest absolute Gasteiger partial charge is 0.398 e. The normalized spacial score (nSPS) is 20.8. The standard InChI is InChI=1S/C15H20N2O3/c1-10-9-20-15(14(10)17-6-8-19)12-4-2-3-11(5-7-18)13(12)16/h2-4,15,18-19H,1,5-9,16H2. The van der Waals surface area contributed by atoms with Crippen molar-refractivity contribution in [3.8, 4) is 0 Å². The maximum Gasteiger partial charge on any atom is 0.127 e. The summed E-state index contributed by atoms with van der Waals surface area (Å²) in [6.45, 7) is 4.72. The van der Waals surface area contributed by atoms with Crippen LogP contribution in [0.4, 0.5) is 5.69 Å². The molecule has 0 saturated carbocycles. The van der Waals surface area contributed by atoms with Crippen molar-refractivity contribution in [1.29, 1.82) is 0 Å². The molecular formula is C15H20N2O3. The molecule has 1 atom stereocenters. The zero-order valence-corrected chi connectivity index (χ0v) is 11.4. The van der Waals surface area contributed by atoms with Crippen molar-refractivity contribution in [2.45, 2.75) is 12.5 Å². The Bertz CT molecular complexity index is 526. The summed E-state index contributed by atoms with van der Waals surface area (Å²) < 4.78 is 5.72. The van der Waals surface area contributed by atoms with Crippen LogP contribution in [0.25, 0.3) is 0 Å². The number of nitrogens with zero attached hydrogens (tertiary/aromatic N) is 1. The fourth-order valence-corrected chi connectivity index (χ4v) is 2.32. The van der Waals surface area contributed by atoms with Gasteiger partial charge in [0, 0.05) is 17.9 Å². The molecule has 5 nitrogen and oxygen atoms in total. The highest BCUT2D eigenvalue weighted by Crippen LogP contribution is 2.34. The number of anilines is 1. The van der Waals surface area contributed by atoms with E-state index < -0.39 is 0 Å². The van der Waals surface area contributed by atoms with E-state index in [1.54, 1.807) is 0 Å². The summed E-state index contributed by atoms with van der Waals surface area (Å²) in [6.07, 6.45) is 0.170. The van der Waals surface area contributed by atoms with Crippen LogP contribution in [-0.4, -0.2) is 42.3 Å². The van der Waals surface area contributed by atoms with Gasteiger partial charge in [0.05, 0.1) is 25.5 Å². The predicted molar refractivity (Wildman–Crippen MR) is 78.9 cm³/mol. The van der Waals surface area contributed by atoms with Crippen LogP contribution >= 0.6 is 0 Å². The first-order valence-electron chi connectivity index (χ1n) is 6.62. The van der Waals surface area contributed by atoms with E-state index in [1.807, 2.05) is 18.2 Å². The maximum atomic E-state index is 9.06. The molecule has 1 fully saturated rings. The first-order chi connectivity index (χ1) is 9.69. The third-order valence-electron chi connectivity index (χ3n) is 3.31. The molecule has 0 bridgehead atoms. The van der Waals surface area contributed by atoms with E-state index in [4.69, 9.17) is 20.7 Å². The Morgan fingerprint density at radius 3 is 2.85 bits per heavy atom. The number of aliphatic hydroxyl groups excluding tert-OH is 2. The predicted octanol–water partition coefficient (Wildman–Crippen LogP) is 0.864. The van der Waals surface area contributed by atoms with Gasteiger partial charge in [0.15, 0.2) is 0 Å². The third kappa shape index (κ3) is 2.90. The number of nitrogens with two attached hydrogens (primary N) is 1. The second kappa shape index (κ2) is 6.65. The van der Waals surface area contributed by atoms with Crippen molar-refractivity contribution in [3.63, 3.8) is 0 Å². The Morgan fingerprint density at radius 1 is 1.35 bits per heavy atom. The van der Waals surface area contributed by atoms with E-state index in [2.05, 4.69) is 11.6 Å². The number of nitrogen functional groups attached to an aromatic ring is 1. The Hall–Kier alpha value is -1.69. The highest BCUT2D eigenvalue weighted by Gasteiger charge is 2.30. The molecule has 0 radical (unpaired) electrons. The van der Waals surface area contributed by atoms with Crippen molar-refractivity contribution in [2.24, 2.45) is 4.99 Å². The summed E-state index contributed by atoms with van der Waals surface area (Å²) in [4.78, 5) is 4.33. The number of hydrogen-bond donors (Lipinski definition) is 3. The van der Waals surface area contributed by atoms with E-state index >= 15 is 0 Å². The lowest BCUT2D eigenvalue weighted by Gasteiger charge is -2.16. The molecule has 20 heavy (non-hydrogen) atoms. The van der Waals surface area contributed by atoms with Crippen molar-refractivity contribution in [2.75, 3.05) is 32.1 Å². The van der Waals surface area contributed by atoms with Crippen molar-refractivity contribution >= 4 is 11.4 Å². The number of para-hydroxylation sites is 1. The molecule has 0 aliphatic carbocycles. The number of hydrogen-bond acceptors (Lipinski definition) is 5. The Labute approximate surface area is 118 Å². The van der Waals surface area contributed by atoms with Gasteiger partial charge in [-0.25, -0.2) is 0 Å². The zero-order chi connectivity index (χ0) is 14.5. The molecule has 1 heterocycles. The molecule has 1 unspecified atom stereocenters. The third-order valence-corrected chi connectivity index (χ3v) is 3.31. The molecule has 0 spiro atoms. The van der Waals surface area contributed by atoms with E-state index in [0.29, 0.717) is 25.3 Å². The number of rotatable bonds is 5. The summed E-state index contributed by atoms with van der Waals surface area (Å²) in [5, 5.41) is 18.0. The first kappa shape index (κ1) is 14.7. The van der Waals surface area contributed by atoms with Gasteiger partial charge < -0.3 is 20.7 Å². The smallest absolute Gasteiger partial charge is 0.127 e. The van der Waals surface area contributed by atoms with Gasteiger partial charge in [0.25, 0.3) is 0 Å². The zero-order valence-electron chi connectivity index (χ0n) is 11.4. The van der Waals surface area contributed by atoms with Gasteiger partial charge in [-0.05, 0) is 17.6 Å². The van der Waals surface area contributed by atoms with Gasteiger partial charge in [-0.15, -0.1) is 0 Å². The minimum atomic E-state index is -0.340. The molecule has 2 rings (SSSR count). The molecule has 1 aliphatic rings. The molecule has 5 heteroatoms. The lowest BCUT2D eigenvalue weighted by Crippen LogP contribution is -2.13. The fourth-order valence-electron chi connectivity index (χ4n) is 2.32. The van der Waals surface area contributed by atoms with Crippen LogP contribution in [0, 0.1) is 0 Å². The summed E-state index contributed by atoms with van der Waals surface area (Å²) in [6, 6.07) is 5.68.